The van der Waals surface area contributed by atoms with Gasteiger partial charge in [-0.05, 0) is 0 Å². The lowest BCUT2D eigenvalue weighted by Crippen LogP contribution is -2.59. The molecular formula is C10H14FIO6. The molecule has 1 saturated heterocycles. The Morgan fingerprint density at radius 1 is 1.28 bits per heavy atom. The van der Waals surface area contributed by atoms with Crippen LogP contribution in [0.2, 0.25) is 0 Å². The molecule has 1 N–H and O–H groups in total. The van der Waals surface area contributed by atoms with Crippen LogP contribution in [-0.4, -0.2) is 52.2 Å². The molecule has 1 heterocycles. The van der Waals surface area contributed by atoms with Crippen molar-refractivity contribution in [2.75, 3.05) is 4.43 Å². The molecule has 104 valence electrons. The number of esters is 2. The highest BCUT2D eigenvalue weighted by molar-refractivity contribution is 14.1. The molecule has 1 unspecified atom stereocenters. The van der Waals surface area contributed by atoms with Gasteiger partial charge in [-0.3, -0.25) is 9.59 Å². The molecule has 0 amide bonds. The number of alkyl halides is 2. The summed E-state index contributed by atoms with van der Waals surface area (Å²) in [6.45, 7) is 2.27. The zero-order valence-corrected chi connectivity index (χ0v) is 12.0. The highest BCUT2D eigenvalue weighted by Gasteiger charge is 2.49. The fourth-order valence-corrected chi connectivity index (χ4v) is 2.38. The summed E-state index contributed by atoms with van der Waals surface area (Å²) in [7, 11) is 0. The molecule has 0 aromatic heterocycles. The molecule has 6 nitrogen and oxygen atoms in total. The highest BCUT2D eigenvalue weighted by Crippen LogP contribution is 2.28. The van der Waals surface area contributed by atoms with Gasteiger partial charge in [-0.2, -0.15) is 0 Å². The van der Waals surface area contributed by atoms with Crippen LogP contribution in [0.5, 0.6) is 0 Å². The molecule has 0 saturated carbocycles. The van der Waals surface area contributed by atoms with E-state index < -0.39 is 42.7 Å². The Bertz CT molecular complexity index is 309. The minimum absolute atomic E-state index is 0.344. The van der Waals surface area contributed by atoms with E-state index in [2.05, 4.69) is 0 Å². The van der Waals surface area contributed by atoms with Crippen molar-refractivity contribution >= 4 is 34.5 Å². The lowest BCUT2D eigenvalue weighted by atomic mass is 10.0. The van der Waals surface area contributed by atoms with Gasteiger partial charge < -0.3 is 19.3 Å². The van der Waals surface area contributed by atoms with Crippen molar-refractivity contribution in [1.82, 2.24) is 0 Å². The SMILES string of the molecule is CC(=O)O[C@H]1[C@H](OC(C)=O)[C@@H](CI)OC(O)[C@H]1F. The molecule has 8 heteroatoms. The Hall–Kier alpha value is -0.480. The van der Waals surface area contributed by atoms with E-state index in [1.165, 1.54) is 0 Å². The highest BCUT2D eigenvalue weighted by atomic mass is 127. The van der Waals surface area contributed by atoms with Gasteiger partial charge in [0.15, 0.2) is 24.7 Å². The predicted octanol–water partition coefficient (Wildman–Crippen LogP) is 0.340. The van der Waals surface area contributed by atoms with Crippen molar-refractivity contribution in [2.45, 2.75) is 44.6 Å². The van der Waals surface area contributed by atoms with E-state index in [-0.39, 0.29) is 0 Å². The van der Waals surface area contributed by atoms with E-state index in [0.717, 1.165) is 13.8 Å². The summed E-state index contributed by atoms with van der Waals surface area (Å²) < 4.78 is 28.8. The summed E-state index contributed by atoms with van der Waals surface area (Å²) in [5.74, 6) is -1.36. The molecule has 0 aliphatic carbocycles. The zero-order valence-electron chi connectivity index (χ0n) is 9.84. The maximum atomic E-state index is 13.8. The third kappa shape index (κ3) is 3.75. The molecule has 1 rings (SSSR count). The second kappa shape index (κ2) is 6.62. The number of aliphatic hydroxyl groups excluding tert-OH is 1. The Balaban J connectivity index is 2.92. The number of hydrogen-bond donors (Lipinski definition) is 1. The van der Waals surface area contributed by atoms with Crippen molar-refractivity contribution in [1.29, 1.82) is 0 Å². The van der Waals surface area contributed by atoms with Crippen LogP contribution < -0.4 is 0 Å². The molecular weight excluding hydrogens is 362 g/mol. The number of hydrogen-bond acceptors (Lipinski definition) is 6. The first-order chi connectivity index (χ1) is 8.36. The van der Waals surface area contributed by atoms with Crippen LogP contribution in [0.4, 0.5) is 4.39 Å². The summed E-state index contributed by atoms with van der Waals surface area (Å²) in [4.78, 5) is 21.9. The average Bonchev–Trinajstić information content (AvgIpc) is 2.27. The molecule has 0 aromatic rings. The standard InChI is InChI=1S/C10H14FIO6/c1-4(13)16-8-6(3-12)18-10(15)7(11)9(8)17-5(2)14/h6-10,15H,3H2,1-2H3/t6-,7+,8-,9-,10?/m1/s1. The topological polar surface area (TPSA) is 82.1 Å². The lowest BCUT2D eigenvalue weighted by Gasteiger charge is -2.40. The monoisotopic (exact) mass is 376 g/mol. The van der Waals surface area contributed by atoms with Crippen LogP contribution >= 0.6 is 22.6 Å². The van der Waals surface area contributed by atoms with Crippen LogP contribution in [0.25, 0.3) is 0 Å². The van der Waals surface area contributed by atoms with E-state index in [4.69, 9.17) is 14.2 Å². The number of halogens is 2. The third-order valence-corrected chi connectivity index (χ3v) is 3.21. The molecule has 0 spiro atoms. The number of carbonyl (C=O) groups is 2. The number of rotatable bonds is 3. The summed E-state index contributed by atoms with van der Waals surface area (Å²) >= 11 is 1.94. The second-order valence-corrected chi connectivity index (χ2v) is 4.69. The maximum absolute atomic E-state index is 13.8. The fraction of sp³-hybridized carbons (Fsp3) is 0.800. The van der Waals surface area contributed by atoms with Crippen LogP contribution in [0.15, 0.2) is 0 Å². The Kier molecular flexibility index (Phi) is 5.73. The Morgan fingerprint density at radius 3 is 2.22 bits per heavy atom. The second-order valence-electron chi connectivity index (χ2n) is 3.81. The van der Waals surface area contributed by atoms with Crippen molar-refractivity contribution in [3.63, 3.8) is 0 Å². The van der Waals surface area contributed by atoms with E-state index in [1.54, 1.807) is 0 Å². The van der Waals surface area contributed by atoms with Crippen molar-refractivity contribution < 1.29 is 33.3 Å². The number of ether oxygens (including phenoxy) is 3. The van der Waals surface area contributed by atoms with Crippen molar-refractivity contribution in [3.05, 3.63) is 0 Å². The minimum Gasteiger partial charge on any atom is -0.456 e. The normalized spacial score (nSPS) is 35.9. The quantitative estimate of drug-likeness (QED) is 0.435. The van der Waals surface area contributed by atoms with E-state index in [9.17, 15) is 19.1 Å². The molecule has 18 heavy (non-hydrogen) atoms. The molecule has 1 aliphatic heterocycles. The molecule has 5 atom stereocenters. The maximum Gasteiger partial charge on any atom is 0.303 e. The summed E-state index contributed by atoms with van der Waals surface area (Å²) in [6.07, 6.45) is -6.84. The van der Waals surface area contributed by atoms with E-state index in [1.807, 2.05) is 22.6 Å². The first kappa shape index (κ1) is 15.6. The van der Waals surface area contributed by atoms with Gasteiger partial charge in [-0.25, -0.2) is 4.39 Å². The molecule has 0 radical (unpaired) electrons. The smallest absolute Gasteiger partial charge is 0.303 e. The van der Waals surface area contributed by atoms with E-state index in [0.29, 0.717) is 4.43 Å². The van der Waals surface area contributed by atoms with Gasteiger partial charge >= 0.3 is 11.9 Å². The zero-order chi connectivity index (χ0) is 13.9. The van der Waals surface area contributed by atoms with Gasteiger partial charge in [0.2, 0.25) is 0 Å². The van der Waals surface area contributed by atoms with Crippen LogP contribution in [-0.2, 0) is 23.8 Å². The summed E-state index contributed by atoms with van der Waals surface area (Å²) in [5, 5.41) is 9.38. The van der Waals surface area contributed by atoms with Gasteiger partial charge in [0.05, 0.1) is 0 Å². The van der Waals surface area contributed by atoms with Crippen LogP contribution in [0.1, 0.15) is 13.8 Å². The molecule has 1 fully saturated rings. The minimum atomic E-state index is -1.96. The first-order valence-corrected chi connectivity index (χ1v) is 6.77. The molecule has 0 bridgehead atoms. The molecule has 0 aromatic carbocycles. The lowest BCUT2D eigenvalue weighted by molar-refractivity contribution is -0.268. The summed E-state index contributed by atoms with van der Waals surface area (Å²) in [6, 6.07) is 0. The van der Waals surface area contributed by atoms with E-state index >= 15 is 0 Å². The first-order valence-electron chi connectivity index (χ1n) is 5.24. The van der Waals surface area contributed by atoms with Crippen LogP contribution in [0.3, 0.4) is 0 Å². The number of aliphatic hydroxyl groups is 1. The fourth-order valence-electron chi connectivity index (χ4n) is 1.67. The summed E-state index contributed by atoms with van der Waals surface area (Å²) in [5.41, 5.74) is 0. The largest absolute Gasteiger partial charge is 0.456 e. The van der Waals surface area contributed by atoms with Crippen molar-refractivity contribution in [3.8, 4) is 0 Å². The average molecular weight is 376 g/mol. The van der Waals surface area contributed by atoms with Gasteiger partial charge in [0.25, 0.3) is 0 Å². The van der Waals surface area contributed by atoms with Gasteiger partial charge in [-0.1, -0.05) is 22.6 Å². The van der Waals surface area contributed by atoms with Gasteiger partial charge in [-0.15, -0.1) is 0 Å². The third-order valence-electron chi connectivity index (χ3n) is 2.35. The van der Waals surface area contributed by atoms with Gasteiger partial charge in [0.1, 0.15) is 6.10 Å². The van der Waals surface area contributed by atoms with Crippen LogP contribution in [0, 0.1) is 0 Å². The predicted molar refractivity (Wildman–Crippen MR) is 65.8 cm³/mol. The molecule has 1 aliphatic rings. The Labute approximate surface area is 117 Å². The number of carbonyl (C=O) groups excluding carboxylic acids is 2. The van der Waals surface area contributed by atoms with Crippen molar-refractivity contribution in [2.24, 2.45) is 0 Å². The van der Waals surface area contributed by atoms with Gasteiger partial charge in [0, 0.05) is 18.3 Å². The Morgan fingerprint density at radius 2 is 1.78 bits per heavy atom.